The van der Waals surface area contributed by atoms with Crippen LogP contribution in [0.3, 0.4) is 0 Å². The van der Waals surface area contributed by atoms with Crippen LogP contribution in [0.4, 0.5) is 13.2 Å². The SMILES string of the molecule is O=C(O)c1ccc(CNCCOCC(F)F)cc1F. The molecule has 0 spiro atoms. The van der Waals surface area contributed by atoms with Crippen molar-refractivity contribution in [2.24, 2.45) is 0 Å². The first-order chi connectivity index (χ1) is 9.00. The molecule has 0 aliphatic rings. The lowest BCUT2D eigenvalue weighted by Gasteiger charge is -2.07. The van der Waals surface area contributed by atoms with Crippen LogP contribution in [0, 0.1) is 5.82 Å². The third-order valence-electron chi connectivity index (χ3n) is 2.26. The standard InChI is InChI=1S/C12H14F3NO3/c13-10-5-8(1-2-9(10)12(17)18)6-16-3-4-19-7-11(14)15/h1-2,5,11,16H,3-4,6-7H2,(H,17,18). The third-order valence-corrected chi connectivity index (χ3v) is 2.26. The number of nitrogens with one attached hydrogen (secondary N) is 1. The van der Waals surface area contributed by atoms with Gasteiger partial charge in [-0.1, -0.05) is 6.07 Å². The van der Waals surface area contributed by atoms with E-state index in [1.54, 1.807) is 0 Å². The van der Waals surface area contributed by atoms with Gasteiger partial charge in [0.1, 0.15) is 12.4 Å². The number of carboxylic acid groups (broad SMARTS) is 1. The molecule has 0 radical (unpaired) electrons. The first kappa shape index (κ1) is 15.5. The predicted molar refractivity (Wildman–Crippen MR) is 61.9 cm³/mol. The van der Waals surface area contributed by atoms with Gasteiger partial charge in [-0.25, -0.2) is 18.0 Å². The number of benzene rings is 1. The molecule has 106 valence electrons. The maximum Gasteiger partial charge on any atom is 0.338 e. The number of carbonyl (C=O) groups is 1. The van der Waals surface area contributed by atoms with Crippen molar-refractivity contribution < 1.29 is 27.8 Å². The van der Waals surface area contributed by atoms with Crippen LogP contribution in [0.2, 0.25) is 0 Å². The molecule has 4 nitrogen and oxygen atoms in total. The second kappa shape index (κ2) is 7.75. The van der Waals surface area contributed by atoms with E-state index in [-0.39, 0.29) is 12.2 Å². The third kappa shape index (κ3) is 5.71. The van der Waals surface area contributed by atoms with Crippen molar-refractivity contribution in [3.63, 3.8) is 0 Å². The van der Waals surface area contributed by atoms with E-state index in [1.807, 2.05) is 0 Å². The van der Waals surface area contributed by atoms with E-state index in [9.17, 15) is 18.0 Å². The van der Waals surface area contributed by atoms with Crippen LogP contribution in [0.5, 0.6) is 0 Å². The molecule has 1 aromatic carbocycles. The minimum absolute atomic E-state index is 0.125. The van der Waals surface area contributed by atoms with E-state index < -0.39 is 24.8 Å². The number of carboxylic acids is 1. The van der Waals surface area contributed by atoms with Crippen molar-refractivity contribution in [1.82, 2.24) is 5.32 Å². The highest BCUT2D eigenvalue weighted by molar-refractivity contribution is 5.87. The molecule has 0 bridgehead atoms. The number of ether oxygens (including phenoxy) is 1. The van der Waals surface area contributed by atoms with E-state index in [0.29, 0.717) is 18.7 Å². The van der Waals surface area contributed by atoms with Crippen LogP contribution in [0.1, 0.15) is 15.9 Å². The number of halogens is 3. The summed E-state index contributed by atoms with van der Waals surface area (Å²) in [7, 11) is 0. The lowest BCUT2D eigenvalue weighted by Crippen LogP contribution is -2.20. The lowest BCUT2D eigenvalue weighted by molar-refractivity contribution is 0.0187. The summed E-state index contributed by atoms with van der Waals surface area (Å²) >= 11 is 0. The molecule has 0 heterocycles. The number of aromatic carboxylic acids is 1. The summed E-state index contributed by atoms with van der Waals surface area (Å²) in [6.45, 7) is 0.160. The monoisotopic (exact) mass is 277 g/mol. The lowest BCUT2D eigenvalue weighted by atomic mass is 10.1. The second-order valence-electron chi connectivity index (χ2n) is 3.76. The molecule has 1 rings (SSSR count). The molecular formula is C12H14F3NO3. The average Bonchev–Trinajstić information content (AvgIpc) is 2.32. The van der Waals surface area contributed by atoms with Gasteiger partial charge in [0.2, 0.25) is 0 Å². The highest BCUT2D eigenvalue weighted by atomic mass is 19.3. The van der Waals surface area contributed by atoms with Gasteiger partial charge in [0, 0.05) is 13.1 Å². The molecule has 0 amide bonds. The Morgan fingerprint density at radius 1 is 1.42 bits per heavy atom. The molecule has 1 aromatic rings. The van der Waals surface area contributed by atoms with Gasteiger partial charge >= 0.3 is 5.97 Å². The Morgan fingerprint density at radius 3 is 2.74 bits per heavy atom. The summed E-state index contributed by atoms with van der Waals surface area (Å²) in [6.07, 6.45) is -2.49. The minimum Gasteiger partial charge on any atom is -0.478 e. The highest BCUT2D eigenvalue weighted by Gasteiger charge is 2.09. The molecule has 0 aliphatic heterocycles. The normalized spacial score (nSPS) is 10.9. The molecule has 0 saturated carbocycles. The van der Waals surface area contributed by atoms with Gasteiger partial charge < -0.3 is 15.2 Å². The molecular weight excluding hydrogens is 263 g/mol. The fourth-order valence-corrected chi connectivity index (χ4v) is 1.39. The molecule has 0 aromatic heterocycles. The molecule has 0 aliphatic carbocycles. The Bertz CT molecular complexity index is 427. The summed E-state index contributed by atoms with van der Waals surface area (Å²) in [6, 6.07) is 3.79. The van der Waals surface area contributed by atoms with E-state index in [1.165, 1.54) is 12.1 Å². The van der Waals surface area contributed by atoms with E-state index >= 15 is 0 Å². The second-order valence-corrected chi connectivity index (χ2v) is 3.76. The van der Waals surface area contributed by atoms with Gasteiger partial charge in [-0.3, -0.25) is 0 Å². The van der Waals surface area contributed by atoms with Gasteiger partial charge in [0.15, 0.2) is 0 Å². The Labute approximate surface area is 108 Å². The van der Waals surface area contributed by atoms with Crippen LogP contribution in [-0.2, 0) is 11.3 Å². The summed E-state index contributed by atoms with van der Waals surface area (Å²) in [5, 5.41) is 11.5. The smallest absolute Gasteiger partial charge is 0.338 e. The van der Waals surface area contributed by atoms with Crippen molar-refractivity contribution in [2.45, 2.75) is 13.0 Å². The maximum atomic E-state index is 13.3. The zero-order chi connectivity index (χ0) is 14.3. The predicted octanol–water partition coefficient (Wildman–Crippen LogP) is 1.90. The molecule has 0 atom stereocenters. The Hall–Kier alpha value is -1.60. The first-order valence-corrected chi connectivity index (χ1v) is 5.59. The van der Waals surface area contributed by atoms with Crippen LogP contribution in [0.15, 0.2) is 18.2 Å². The van der Waals surface area contributed by atoms with Crippen LogP contribution in [-0.4, -0.2) is 37.3 Å². The van der Waals surface area contributed by atoms with Crippen LogP contribution in [0.25, 0.3) is 0 Å². The van der Waals surface area contributed by atoms with Gasteiger partial charge in [-0.2, -0.15) is 0 Å². The number of rotatable bonds is 8. The van der Waals surface area contributed by atoms with Crippen molar-refractivity contribution in [2.75, 3.05) is 19.8 Å². The fourth-order valence-electron chi connectivity index (χ4n) is 1.39. The van der Waals surface area contributed by atoms with E-state index in [4.69, 9.17) is 5.11 Å². The molecule has 19 heavy (non-hydrogen) atoms. The average molecular weight is 277 g/mol. The van der Waals surface area contributed by atoms with Crippen molar-refractivity contribution in [3.8, 4) is 0 Å². The van der Waals surface area contributed by atoms with E-state index in [0.717, 1.165) is 6.07 Å². The topological polar surface area (TPSA) is 58.6 Å². The van der Waals surface area contributed by atoms with Crippen molar-refractivity contribution in [3.05, 3.63) is 35.1 Å². The van der Waals surface area contributed by atoms with Crippen molar-refractivity contribution in [1.29, 1.82) is 0 Å². The van der Waals surface area contributed by atoms with E-state index in [2.05, 4.69) is 10.1 Å². The molecule has 0 saturated heterocycles. The van der Waals surface area contributed by atoms with Gasteiger partial charge in [-0.15, -0.1) is 0 Å². The van der Waals surface area contributed by atoms with Crippen LogP contribution < -0.4 is 5.32 Å². The number of hydrogen-bond donors (Lipinski definition) is 2. The molecule has 0 fully saturated rings. The molecule has 2 N–H and O–H groups in total. The Balaban J connectivity index is 2.30. The quantitative estimate of drug-likeness (QED) is 0.712. The van der Waals surface area contributed by atoms with Gasteiger partial charge in [-0.05, 0) is 17.7 Å². The summed E-state index contributed by atoms with van der Waals surface area (Å²) in [4.78, 5) is 10.6. The van der Waals surface area contributed by atoms with Crippen LogP contribution >= 0.6 is 0 Å². The minimum atomic E-state index is -2.49. The Morgan fingerprint density at radius 2 is 2.16 bits per heavy atom. The summed E-state index contributed by atoms with van der Waals surface area (Å²) in [5.74, 6) is -2.13. The molecule has 7 heteroatoms. The summed E-state index contributed by atoms with van der Waals surface area (Å²) < 4.78 is 41.4. The Kier molecular flexibility index (Phi) is 6.31. The largest absolute Gasteiger partial charge is 0.478 e. The number of alkyl halides is 2. The molecule has 0 unspecified atom stereocenters. The maximum absolute atomic E-state index is 13.3. The summed E-state index contributed by atoms with van der Waals surface area (Å²) in [5.41, 5.74) is 0.181. The number of hydrogen-bond acceptors (Lipinski definition) is 3. The van der Waals surface area contributed by atoms with Gasteiger partial charge in [0.25, 0.3) is 6.43 Å². The van der Waals surface area contributed by atoms with Gasteiger partial charge in [0.05, 0.1) is 12.2 Å². The zero-order valence-electron chi connectivity index (χ0n) is 10.0. The fraction of sp³-hybridized carbons (Fsp3) is 0.417. The zero-order valence-corrected chi connectivity index (χ0v) is 10.0. The van der Waals surface area contributed by atoms with Crippen molar-refractivity contribution >= 4 is 5.97 Å². The highest BCUT2D eigenvalue weighted by Crippen LogP contribution is 2.10. The first-order valence-electron chi connectivity index (χ1n) is 5.59.